The number of carbonyl (C=O) groups is 2. The Morgan fingerprint density at radius 2 is 2.00 bits per heavy atom. The second kappa shape index (κ2) is 9.22. The van der Waals surface area contributed by atoms with E-state index >= 15 is 0 Å². The van der Waals surface area contributed by atoms with Gasteiger partial charge in [0.15, 0.2) is 0 Å². The number of nitrogens with one attached hydrogen (secondary N) is 2. The third-order valence-corrected chi connectivity index (χ3v) is 3.74. The fraction of sp³-hybridized carbons (Fsp3) is 0.529. The molecule has 7 nitrogen and oxygen atoms in total. The molecule has 0 radical (unpaired) electrons. The van der Waals surface area contributed by atoms with Crippen LogP contribution in [0.5, 0.6) is 0 Å². The SMILES string of the molecule is CC(=O)NC[C@@H](CNc1ccc(N2CCOCC2)c(F)c1)OC(C)=O. The molecule has 1 heterocycles. The number of hydrogen-bond donors (Lipinski definition) is 2. The van der Waals surface area contributed by atoms with Crippen molar-refractivity contribution in [3.8, 4) is 0 Å². The molecule has 1 fully saturated rings. The van der Waals surface area contributed by atoms with Gasteiger partial charge in [0, 0.05) is 32.6 Å². The number of morpholine rings is 1. The molecule has 25 heavy (non-hydrogen) atoms. The molecule has 0 aliphatic carbocycles. The Morgan fingerprint density at radius 3 is 2.60 bits per heavy atom. The van der Waals surface area contributed by atoms with Crippen LogP contribution in [0.25, 0.3) is 0 Å². The van der Waals surface area contributed by atoms with Gasteiger partial charge in [0.1, 0.15) is 11.9 Å². The van der Waals surface area contributed by atoms with Crippen LogP contribution in [0.4, 0.5) is 15.8 Å². The lowest BCUT2D eigenvalue weighted by molar-refractivity contribution is -0.146. The van der Waals surface area contributed by atoms with Gasteiger partial charge in [0.2, 0.25) is 5.91 Å². The van der Waals surface area contributed by atoms with Crippen LogP contribution in [0.15, 0.2) is 18.2 Å². The second-order valence-electron chi connectivity index (χ2n) is 5.82. The number of rotatable bonds is 7. The van der Waals surface area contributed by atoms with Gasteiger partial charge in [-0.1, -0.05) is 0 Å². The first-order valence-electron chi connectivity index (χ1n) is 8.23. The van der Waals surface area contributed by atoms with Crippen molar-refractivity contribution in [3.63, 3.8) is 0 Å². The lowest BCUT2D eigenvalue weighted by atomic mass is 10.2. The Balaban J connectivity index is 1.94. The van der Waals surface area contributed by atoms with E-state index in [0.717, 1.165) is 0 Å². The third kappa shape index (κ3) is 6.22. The topological polar surface area (TPSA) is 79.9 Å². The van der Waals surface area contributed by atoms with E-state index in [2.05, 4.69) is 10.6 Å². The number of esters is 1. The van der Waals surface area contributed by atoms with Crippen molar-refractivity contribution in [3.05, 3.63) is 24.0 Å². The molecule has 1 aliphatic heterocycles. The van der Waals surface area contributed by atoms with Crippen molar-refractivity contribution >= 4 is 23.3 Å². The van der Waals surface area contributed by atoms with Crippen LogP contribution in [-0.2, 0) is 19.1 Å². The van der Waals surface area contributed by atoms with Crippen LogP contribution in [0, 0.1) is 5.82 Å². The summed E-state index contributed by atoms with van der Waals surface area (Å²) in [6.45, 7) is 5.64. The summed E-state index contributed by atoms with van der Waals surface area (Å²) in [4.78, 5) is 24.1. The minimum atomic E-state index is -0.539. The molecule has 138 valence electrons. The predicted molar refractivity (Wildman–Crippen MR) is 92.2 cm³/mol. The maximum Gasteiger partial charge on any atom is 0.303 e. The quantitative estimate of drug-likeness (QED) is 0.716. The monoisotopic (exact) mass is 353 g/mol. The maximum atomic E-state index is 14.4. The van der Waals surface area contributed by atoms with Crippen LogP contribution in [-0.4, -0.2) is 57.4 Å². The molecule has 1 saturated heterocycles. The third-order valence-electron chi connectivity index (χ3n) is 3.74. The Morgan fingerprint density at radius 1 is 1.28 bits per heavy atom. The summed E-state index contributed by atoms with van der Waals surface area (Å²) < 4.78 is 24.8. The zero-order valence-electron chi connectivity index (χ0n) is 14.5. The standard InChI is InChI=1S/C17H24FN3O4/c1-12(22)19-10-15(25-13(2)23)11-20-14-3-4-17(16(18)9-14)21-5-7-24-8-6-21/h3-4,9,15,20H,5-8,10-11H2,1-2H3,(H,19,22)/t15-/m0/s1. The molecule has 1 aromatic carbocycles. The highest BCUT2D eigenvalue weighted by Gasteiger charge is 2.16. The first kappa shape index (κ1) is 19.0. The summed E-state index contributed by atoms with van der Waals surface area (Å²) in [5.41, 5.74) is 1.12. The Labute approximate surface area is 146 Å². The van der Waals surface area contributed by atoms with Crippen LogP contribution < -0.4 is 15.5 Å². The minimum Gasteiger partial charge on any atom is -0.459 e. The van der Waals surface area contributed by atoms with Crippen molar-refractivity contribution in [2.45, 2.75) is 20.0 Å². The molecular formula is C17H24FN3O4. The van der Waals surface area contributed by atoms with Gasteiger partial charge < -0.3 is 25.0 Å². The molecule has 1 atom stereocenters. The van der Waals surface area contributed by atoms with E-state index < -0.39 is 12.1 Å². The van der Waals surface area contributed by atoms with E-state index in [1.807, 2.05) is 4.90 Å². The predicted octanol–water partition coefficient (Wildman–Crippen LogP) is 1.14. The highest BCUT2D eigenvalue weighted by Crippen LogP contribution is 2.23. The lowest BCUT2D eigenvalue weighted by Gasteiger charge is -2.29. The Kier molecular flexibility index (Phi) is 7.00. The zero-order chi connectivity index (χ0) is 18.2. The van der Waals surface area contributed by atoms with E-state index in [1.165, 1.54) is 19.9 Å². The van der Waals surface area contributed by atoms with Crippen LogP contribution in [0.1, 0.15) is 13.8 Å². The zero-order valence-corrected chi connectivity index (χ0v) is 14.5. The molecule has 0 saturated carbocycles. The first-order valence-corrected chi connectivity index (χ1v) is 8.23. The van der Waals surface area contributed by atoms with Crippen molar-refractivity contribution in [1.29, 1.82) is 0 Å². The molecule has 0 unspecified atom stereocenters. The number of nitrogens with zero attached hydrogens (tertiary/aromatic N) is 1. The van der Waals surface area contributed by atoms with Gasteiger partial charge >= 0.3 is 5.97 Å². The van der Waals surface area contributed by atoms with E-state index in [1.54, 1.807) is 12.1 Å². The summed E-state index contributed by atoms with van der Waals surface area (Å²) >= 11 is 0. The van der Waals surface area contributed by atoms with Gasteiger partial charge in [-0.3, -0.25) is 9.59 Å². The number of amides is 1. The number of halogens is 1. The lowest BCUT2D eigenvalue weighted by Crippen LogP contribution is -2.37. The van der Waals surface area contributed by atoms with Crippen molar-refractivity contribution in [2.75, 3.05) is 49.6 Å². The molecule has 1 aliphatic rings. The van der Waals surface area contributed by atoms with Crippen LogP contribution in [0.3, 0.4) is 0 Å². The van der Waals surface area contributed by atoms with E-state index in [4.69, 9.17) is 9.47 Å². The number of hydrogen-bond acceptors (Lipinski definition) is 6. The Bertz CT molecular complexity index is 606. The molecule has 0 bridgehead atoms. The van der Waals surface area contributed by atoms with E-state index in [-0.39, 0.29) is 24.8 Å². The molecule has 1 aromatic rings. The molecule has 0 aromatic heterocycles. The van der Waals surface area contributed by atoms with Gasteiger partial charge in [-0.2, -0.15) is 0 Å². The van der Waals surface area contributed by atoms with Gasteiger partial charge in [0.25, 0.3) is 0 Å². The number of carbonyl (C=O) groups excluding carboxylic acids is 2. The van der Waals surface area contributed by atoms with Gasteiger partial charge in [-0.15, -0.1) is 0 Å². The van der Waals surface area contributed by atoms with Crippen molar-refractivity contribution < 1.29 is 23.5 Å². The summed E-state index contributed by atoms with van der Waals surface area (Å²) in [6.07, 6.45) is -0.539. The van der Waals surface area contributed by atoms with Crippen LogP contribution >= 0.6 is 0 Å². The number of benzene rings is 1. The first-order chi connectivity index (χ1) is 12.0. The normalized spacial score (nSPS) is 15.4. The number of anilines is 2. The summed E-state index contributed by atoms with van der Waals surface area (Å²) in [5, 5.41) is 5.64. The largest absolute Gasteiger partial charge is 0.459 e. The van der Waals surface area contributed by atoms with Crippen molar-refractivity contribution in [2.24, 2.45) is 0 Å². The van der Waals surface area contributed by atoms with Gasteiger partial charge in [-0.05, 0) is 18.2 Å². The average Bonchev–Trinajstić information content (AvgIpc) is 2.57. The average molecular weight is 353 g/mol. The molecule has 1 amide bonds. The van der Waals surface area contributed by atoms with Gasteiger partial charge in [-0.25, -0.2) is 4.39 Å². The van der Waals surface area contributed by atoms with Crippen molar-refractivity contribution in [1.82, 2.24) is 5.32 Å². The number of ether oxygens (including phenoxy) is 2. The van der Waals surface area contributed by atoms with E-state index in [0.29, 0.717) is 37.7 Å². The molecular weight excluding hydrogens is 329 g/mol. The Hall–Kier alpha value is -2.35. The highest BCUT2D eigenvalue weighted by molar-refractivity contribution is 5.73. The smallest absolute Gasteiger partial charge is 0.303 e. The highest BCUT2D eigenvalue weighted by atomic mass is 19.1. The fourth-order valence-electron chi connectivity index (χ4n) is 2.56. The van der Waals surface area contributed by atoms with E-state index in [9.17, 15) is 14.0 Å². The second-order valence-corrected chi connectivity index (χ2v) is 5.82. The summed E-state index contributed by atoms with van der Waals surface area (Å²) in [5.74, 6) is -0.971. The maximum absolute atomic E-state index is 14.4. The molecule has 8 heteroatoms. The molecule has 2 N–H and O–H groups in total. The summed E-state index contributed by atoms with van der Waals surface area (Å²) in [7, 11) is 0. The fourth-order valence-corrected chi connectivity index (χ4v) is 2.56. The minimum absolute atomic E-state index is 0.191. The van der Waals surface area contributed by atoms with Crippen LogP contribution in [0.2, 0.25) is 0 Å². The summed E-state index contributed by atoms with van der Waals surface area (Å²) in [6, 6.07) is 4.91. The molecule has 0 spiro atoms. The molecule has 2 rings (SSSR count). The van der Waals surface area contributed by atoms with Gasteiger partial charge in [0.05, 0.1) is 32.0 Å².